The first-order valence-electron chi connectivity index (χ1n) is 9.56. The fourth-order valence-electron chi connectivity index (χ4n) is 3.66. The van der Waals surface area contributed by atoms with Gasteiger partial charge in [-0.15, -0.1) is 0 Å². The number of hydrogen-bond acceptors (Lipinski definition) is 6. The zero-order valence-electron chi connectivity index (χ0n) is 16.4. The van der Waals surface area contributed by atoms with Crippen LogP contribution in [-0.2, 0) is 6.42 Å². The average molecular weight is 394 g/mol. The van der Waals surface area contributed by atoms with Gasteiger partial charge in [0.15, 0.2) is 0 Å². The van der Waals surface area contributed by atoms with Crippen molar-refractivity contribution in [1.29, 1.82) is 0 Å². The molecule has 0 atom stereocenters. The summed E-state index contributed by atoms with van der Waals surface area (Å²) < 4.78 is 14.2. The molecule has 0 saturated heterocycles. The zero-order valence-corrected chi connectivity index (χ0v) is 16.4. The SMILES string of the molecule is CC1=c2c(CCNc3cc(Nc4cccc(O)n4)ncn3)c(C)[nH]c2=C(F)CC1. The fraction of sp³-hybridized carbons (Fsp3) is 0.286. The van der Waals surface area contributed by atoms with E-state index in [2.05, 4.69) is 37.5 Å². The number of aromatic amines is 1. The molecule has 4 rings (SSSR count). The second-order valence-electron chi connectivity index (χ2n) is 7.14. The monoisotopic (exact) mass is 394 g/mol. The van der Waals surface area contributed by atoms with Crippen molar-refractivity contribution in [2.24, 2.45) is 0 Å². The van der Waals surface area contributed by atoms with Crippen molar-refractivity contribution in [1.82, 2.24) is 19.9 Å². The van der Waals surface area contributed by atoms with Crippen LogP contribution in [0.3, 0.4) is 0 Å². The Morgan fingerprint density at radius 3 is 2.79 bits per heavy atom. The summed E-state index contributed by atoms with van der Waals surface area (Å²) >= 11 is 0. The number of hydrogen-bond donors (Lipinski definition) is 4. The summed E-state index contributed by atoms with van der Waals surface area (Å²) in [5, 5.41) is 17.5. The molecule has 8 heteroatoms. The highest BCUT2D eigenvalue weighted by atomic mass is 19.1. The molecule has 29 heavy (non-hydrogen) atoms. The normalized spacial score (nSPS) is 13.3. The number of nitrogens with zero attached hydrogens (tertiary/aromatic N) is 3. The van der Waals surface area contributed by atoms with Crippen LogP contribution in [0.2, 0.25) is 0 Å². The van der Waals surface area contributed by atoms with Gasteiger partial charge in [0.05, 0.1) is 5.35 Å². The highest BCUT2D eigenvalue weighted by molar-refractivity contribution is 5.57. The number of rotatable bonds is 6. The molecule has 3 heterocycles. The Balaban J connectivity index is 1.46. The van der Waals surface area contributed by atoms with Crippen molar-refractivity contribution < 1.29 is 9.50 Å². The molecule has 0 bridgehead atoms. The number of H-pyrrole nitrogens is 1. The van der Waals surface area contributed by atoms with Gasteiger partial charge in [-0.25, -0.2) is 14.4 Å². The highest BCUT2D eigenvalue weighted by Crippen LogP contribution is 2.18. The topological polar surface area (TPSA) is 98.8 Å². The predicted molar refractivity (Wildman–Crippen MR) is 111 cm³/mol. The largest absolute Gasteiger partial charge is 0.493 e. The maximum absolute atomic E-state index is 14.2. The summed E-state index contributed by atoms with van der Waals surface area (Å²) in [5.74, 6) is 1.61. The first-order valence-corrected chi connectivity index (χ1v) is 9.56. The molecule has 4 N–H and O–H groups in total. The minimum Gasteiger partial charge on any atom is -0.493 e. The van der Waals surface area contributed by atoms with Crippen molar-refractivity contribution in [2.75, 3.05) is 17.2 Å². The van der Waals surface area contributed by atoms with Gasteiger partial charge in [0, 0.05) is 36.0 Å². The van der Waals surface area contributed by atoms with E-state index < -0.39 is 0 Å². The summed E-state index contributed by atoms with van der Waals surface area (Å²) in [6.45, 7) is 4.72. The molecule has 1 aliphatic rings. The van der Waals surface area contributed by atoms with Crippen LogP contribution in [0.4, 0.5) is 21.8 Å². The molecule has 3 aromatic heterocycles. The van der Waals surface area contributed by atoms with Gasteiger partial charge in [0.1, 0.15) is 29.6 Å². The van der Waals surface area contributed by atoms with E-state index in [-0.39, 0.29) is 11.7 Å². The molecule has 0 aromatic carbocycles. The molecule has 0 unspecified atom stereocenters. The van der Waals surface area contributed by atoms with Gasteiger partial charge in [0.25, 0.3) is 0 Å². The number of nitrogens with one attached hydrogen (secondary N) is 3. The van der Waals surface area contributed by atoms with Gasteiger partial charge in [-0.05, 0) is 38.3 Å². The van der Waals surface area contributed by atoms with Crippen LogP contribution >= 0.6 is 0 Å². The number of fused-ring (bicyclic) bond motifs is 1. The Kier molecular flexibility index (Phi) is 5.16. The lowest BCUT2D eigenvalue weighted by Gasteiger charge is -2.10. The predicted octanol–water partition coefficient (Wildman–Crippen LogP) is 2.65. The van der Waals surface area contributed by atoms with Crippen LogP contribution < -0.4 is 21.2 Å². The molecule has 7 nitrogen and oxygen atoms in total. The summed E-state index contributed by atoms with van der Waals surface area (Å²) in [6, 6.07) is 6.71. The summed E-state index contributed by atoms with van der Waals surface area (Å²) in [4.78, 5) is 15.6. The van der Waals surface area contributed by atoms with Crippen LogP contribution in [0.25, 0.3) is 11.4 Å². The van der Waals surface area contributed by atoms with Gasteiger partial charge < -0.3 is 20.7 Å². The third-order valence-electron chi connectivity index (χ3n) is 5.07. The van der Waals surface area contributed by atoms with Crippen molar-refractivity contribution >= 4 is 28.9 Å². The minimum atomic E-state index is -0.0617. The summed E-state index contributed by atoms with van der Waals surface area (Å²) in [5.41, 5.74) is 3.39. The second-order valence-corrected chi connectivity index (χ2v) is 7.14. The van der Waals surface area contributed by atoms with E-state index in [0.717, 1.165) is 29.3 Å². The van der Waals surface area contributed by atoms with Crippen molar-refractivity contribution in [3.63, 3.8) is 0 Å². The third-order valence-corrected chi connectivity index (χ3v) is 5.07. The van der Waals surface area contributed by atoms with Crippen molar-refractivity contribution in [2.45, 2.75) is 33.1 Å². The quantitative estimate of drug-likeness (QED) is 0.513. The number of aryl methyl sites for hydroxylation is 1. The molecule has 0 radical (unpaired) electrons. The molecule has 0 spiro atoms. The third kappa shape index (κ3) is 4.06. The van der Waals surface area contributed by atoms with Gasteiger partial charge in [-0.3, -0.25) is 0 Å². The highest BCUT2D eigenvalue weighted by Gasteiger charge is 2.15. The molecule has 0 amide bonds. The number of aromatic nitrogens is 4. The second kappa shape index (κ2) is 7.90. The smallest absolute Gasteiger partial charge is 0.212 e. The fourth-order valence-corrected chi connectivity index (χ4v) is 3.66. The lowest BCUT2D eigenvalue weighted by Crippen LogP contribution is -2.32. The summed E-state index contributed by atoms with van der Waals surface area (Å²) in [6.07, 6.45) is 3.45. The van der Waals surface area contributed by atoms with Crippen molar-refractivity contribution in [3.05, 3.63) is 52.4 Å². The Labute approximate surface area is 167 Å². The molecule has 3 aromatic rings. The first kappa shape index (κ1) is 18.9. The van der Waals surface area contributed by atoms with E-state index in [1.54, 1.807) is 18.2 Å². The van der Waals surface area contributed by atoms with Gasteiger partial charge in [-0.1, -0.05) is 11.6 Å². The Bertz CT molecular complexity index is 1170. The standard InChI is InChI=1S/C21H23FN6O/c1-12-6-7-15(22)21-20(12)14(13(2)26-21)8-9-23-17-10-18(25-11-24-17)27-16-4-3-5-19(29)28-16/h3-5,10-11,26H,6-9H2,1-2H3,(H3,23,24,25,27,28,29). The number of anilines is 3. The maximum atomic E-state index is 14.2. The van der Waals surface area contributed by atoms with Crippen LogP contribution in [0.5, 0.6) is 5.88 Å². The van der Waals surface area contributed by atoms with E-state index in [0.29, 0.717) is 35.8 Å². The zero-order chi connectivity index (χ0) is 20.4. The molecule has 1 aliphatic carbocycles. The van der Waals surface area contributed by atoms with Gasteiger partial charge >= 0.3 is 0 Å². The van der Waals surface area contributed by atoms with E-state index >= 15 is 0 Å². The van der Waals surface area contributed by atoms with Crippen LogP contribution in [-0.4, -0.2) is 31.6 Å². The molecule has 150 valence electrons. The van der Waals surface area contributed by atoms with Crippen LogP contribution in [0.15, 0.2) is 30.6 Å². The lowest BCUT2D eigenvalue weighted by atomic mass is 10.00. The van der Waals surface area contributed by atoms with Crippen molar-refractivity contribution in [3.8, 4) is 5.88 Å². The Hall–Kier alpha value is -3.42. The van der Waals surface area contributed by atoms with E-state index in [1.807, 2.05) is 6.92 Å². The minimum absolute atomic E-state index is 0.0556. The molecule has 0 aliphatic heterocycles. The number of aromatic hydroxyl groups is 1. The van der Waals surface area contributed by atoms with Gasteiger partial charge in [0.2, 0.25) is 5.88 Å². The van der Waals surface area contributed by atoms with E-state index in [9.17, 15) is 9.50 Å². The first-order chi connectivity index (χ1) is 14.0. The summed E-state index contributed by atoms with van der Waals surface area (Å²) in [7, 11) is 0. The average Bonchev–Trinajstić information content (AvgIpc) is 3.03. The Morgan fingerprint density at radius 1 is 1.14 bits per heavy atom. The number of halogens is 1. The number of pyridine rings is 1. The Morgan fingerprint density at radius 2 is 1.97 bits per heavy atom. The maximum Gasteiger partial charge on any atom is 0.212 e. The van der Waals surface area contributed by atoms with Crippen LogP contribution in [0, 0.1) is 6.92 Å². The lowest BCUT2D eigenvalue weighted by molar-refractivity contribution is 0.454. The molecular weight excluding hydrogens is 371 g/mol. The van der Waals surface area contributed by atoms with E-state index in [1.165, 1.54) is 18.0 Å². The molecule has 0 fully saturated rings. The van der Waals surface area contributed by atoms with E-state index in [4.69, 9.17) is 0 Å². The molecule has 0 saturated carbocycles. The van der Waals surface area contributed by atoms with Crippen LogP contribution in [0.1, 0.15) is 31.0 Å². The molecular formula is C21H23FN6O. The van der Waals surface area contributed by atoms with Gasteiger partial charge in [-0.2, -0.15) is 4.98 Å².